The van der Waals surface area contributed by atoms with E-state index in [1.54, 1.807) is 18.2 Å². The van der Waals surface area contributed by atoms with Gasteiger partial charge in [0, 0.05) is 17.5 Å². The molecule has 2 aromatic carbocycles. The molecule has 0 spiro atoms. The van der Waals surface area contributed by atoms with Crippen molar-refractivity contribution in [1.29, 1.82) is 0 Å². The van der Waals surface area contributed by atoms with Gasteiger partial charge < -0.3 is 10.8 Å². The third kappa shape index (κ3) is 3.68. The van der Waals surface area contributed by atoms with Gasteiger partial charge in [-0.1, -0.05) is 46.9 Å². The van der Waals surface area contributed by atoms with Crippen LogP contribution in [0, 0.1) is 5.82 Å². The van der Waals surface area contributed by atoms with Gasteiger partial charge in [-0.3, -0.25) is 0 Å². The number of rotatable bonds is 4. The van der Waals surface area contributed by atoms with Gasteiger partial charge in [0.25, 0.3) is 0 Å². The summed E-state index contributed by atoms with van der Waals surface area (Å²) in [6.07, 6.45) is -0.972. The van der Waals surface area contributed by atoms with Crippen molar-refractivity contribution in [2.45, 2.75) is 12.0 Å². The summed E-state index contributed by atoms with van der Waals surface area (Å²) in [5, 5.41) is 11.5. The zero-order chi connectivity index (χ0) is 15.6. The zero-order valence-electron chi connectivity index (χ0n) is 10.9. The molecule has 0 saturated heterocycles. The first-order chi connectivity index (χ1) is 9.93. The van der Waals surface area contributed by atoms with Crippen LogP contribution in [0.2, 0.25) is 15.1 Å². The molecule has 21 heavy (non-hydrogen) atoms. The van der Waals surface area contributed by atoms with Crippen LogP contribution in [0.15, 0.2) is 36.4 Å². The normalized spacial score (nSPS) is 14.0. The van der Waals surface area contributed by atoms with E-state index in [1.807, 2.05) is 0 Å². The highest BCUT2D eigenvalue weighted by Crippen LogP contribution is 2.36. The smallest absolute Gasteiger partial charge is 0.124 e. The Labute approximate surface area is 137 Å². The molecule has 0 aromatic heterocycles. The topological polar surface area (TPSA) is 46.2 Å². The number of hydrogen-bond acceptors (Lipinski definition) is 2. The van der Waals surface area contributed by atoms with E-state index in [1.165, 1.54) is 12.1 Å². The van der Waals surface area contributed by atoms with Crippen LogP contribution < -0.4 is 5.73 Å². The Kier molecular flexibility index (Phi) is 5.47. The summed E-state index contributed by atoms with van der Waals surface area (Å²) in [5.74, 6) is -0.891. The number of benzene rings is 2. The van der Waals surface area contributed by atoms with E-state index in [9.17, 15) is 9.50 Å². The quantitative estimate of drug-likeness (QED) is 0.850. The van der Waals surface area contributed by atoms with Gasteiger partial charge in [0.05, 0.1) is 16.1 Å². The van der Waals surface area contributed by atoms with Crippen LogP contribution in [0.1, 0.15) is 23.1 Å². The van der Waals surface area contributed by atoms with Crippen molar-refractivity contribution < 1.29 is 9.50 Å². The monoisotopic (exact) mass is 347 g/mol. The summed E-state index contributed by atoms with van der Waals surface area (Å²) in [4.78, 5) is 0. The van der Waals surface area contributed by atoms with E-state index < -0.39 is 17.8 Å². The summed E-state index contributed by atoms with van der Waals surface area (Å²) in [7, 11) is 0. The van der Waals surface area contributed by atoms with Crippen LogP contribution in [-0.2, 0) is 0 Å². The van der Waals surface area contributed by atoms with Crippen LogP contribution in [0.3, 0.4) is 0 Å². The predicted molar refractivity (Wildman–Crippen MR) is 84.6 cm³/mol. The molecule has 0 heterocycles. The predicted octanol–water partition coefficient (Wildman–Crippen LogP) is 4.56. The van der Waals surface area contributed by atoms with Gasteiger partial charge >= 0.3 is 0 Å². The first kappa shape index (κ1) is 16.5. The molecule has 6 heteroatoms. The Balaban J connectivity index is 2.37. The third-order valence-corrected chi connectivity index (χ3v) is 4.35. The number of aliphatic hydroxyl groups excluding tert-OH is 1. The van der Waals surface area contributed by atoms with Crippen molar-refractivity contribution in [2.24, 2.45) is 5.73 Å². The highest BCUT2D eigenvalue weighted by atomic mass is 35.5. The Morgan fingerprint density at radius 3 is 2.29 bits per heavy atom. The van der Waals surface area contributed by atoms with E-state index >= 15 is 0 Å². The van der Waals surface area contributed by atoms with Gasteiger partial charge in [0.2, 0.25) is 0 Å². The summed E-state index contributed by atoms with van der Waals surface area (Å²) >= 11 is 17.8. The molecule has 2 unspecified atom stereocenters. The van der Waals surface area contributed by atoms with E-state index in [2.05, 4.69) is 0 Å². The van der Waals surface area contributed by atoms with Crippen molar-refractivity contribution in [2.75, 3.05) is 6.54 Å². The summed E-state index contributed by atoms with van der Waals surface area (Å²) in [6, 6.07) is 8.88. The fourth-order valence-electron chi connectivity index (χ4n) is 2.15. The van der Waals surface area contributed by atoms with Crippen LogP contribution >= 0.6 is 34.8 Å². The molecule has 0 amide bonds. The highest BCUT2D eigenvalue weighted by Gasteiger charge is 2.24. The second kappa shape index (κ2) is 6.95. The molecule has 0 saturated carbocycles. The van der Waals surface area contributed by atoms with Gasteiger partial charge in [-0.15, -0.1) is 0 Å². The Hall–Kier alpha value is -0.840. The summed E-state index contributed by atoms with van der Waals surface area (Å²) < 4.78 is 13.1. The Morgan fingerprint density at radius 2 is 1.71 bits per heavy atom. The average Bonchev–Trinajstić information content (AvgIpc) is 2.43. The molecule has 2 nitrogen and oxygen atoms in total. The van der Waals surface area contributed by atoms with Crippen molar-refractivity contribution in [3.05, 3.63) is 68.4 Å². The van der Waals surface area contributed by atoms with E-state index in [-0.39, 0.29) is 11.6 Å². The maximum Gasteiger partial charge on any atom is 0.124 e. The SMILES string of the molecule is NCC(c1ccc(Cl)c(Cl)c1)C(O)c1ccc(F)cc1Cl. The van der Waals surface area contributed by atoms with Gasteiger partial charge in [0.1, 0.15) is 5.82 Å². The number of nitrogens with two attached hydrogens (primary N) is 1. The van der Waals surface area contributed by atoms with Gasteiger partial charge in [-0.25, -0.2) is 4.39 Å². The first-order valence-electron chi connectivity index (χ1n) is 6.22. The van der Waals surface area contributed by atoms with Crippen molar-refractivity contribution in [3.63, 3.8) is 0 Å². The van der Waals surface area contributed by atoms with Crippen molar-refractivity contribution >= 4 is 34.8 Å². The minimum atomic E-state index is -0.972. The van der Waals surface area contributed by atoms with Crippen LogP contribution in [-0.4, -0.2) is 11.7 Å². The molecule has 2 rings (SSSR count). The lowest BCUT2D eigenvalue weighted by Gasteiger charge is -2.23. The van der Waals surface area contributed by atoms with Crippen molar-refractivity contribution in [3.8, 4) is 0 Å². The maximum atomic E-state index is 13.1. The van der Waals surface area contributed by atoms with Gasteiger partial charge in [-0.2, -0.15) is 0 Å². The molecular weight excluding hydrogens is 336 g/mol. The average molecular weight is 349 g/mol. The highest BCUT2D eigenvalue weighted by molar-refractivity contribution is 6.42. The minimum Gasteiger partial charge on any atom is -0.388 e. The van der Waals surface area contributed by atoms with Crippen LogP contribution in [0.25, 0.3) is 0 Å². The Morgan fingerprint density at radius 1 is 1.00 bits per heavy atom. The molecule has 0 aliphatic rings. The maximum absolute atomic E-state index is 13.1. The zero-order valence-corrected chi connectivity index (χ0v) is 13.1. The van der Waals surface area contributed by atoms with E-state index in [0.717, 1.165) is 11.6 Å². The van der Waals surface area contributed by atoms with E-state index in [0.29, 0.717) is 15.6 Å². The standard InChI is InChI=1S/C15H13Cl3FNO/c16-12-4-1-8(5-14(12)18)11(7-20)15(21)10-3-2-9(19)6-13(10)17/h1-6,11,15,21H,7,20H2. The second-order valence-electron chi connectivity index (χ2n) is 4.63. The van der Waals surface area contributed by atoms with Gasteiger partial charge in [-0.05, 0) is 35.4 Å². The summed E-state index contributed by atoms with van der Waals surface area (Å²) in [5.41, 5.74) is 6.91. The van der Waals surface area contributed by atoms with Gasteiger partial charge in [0.15, 0.2) is 0 Å². The molecule has 112 valence electrons. The molecule has 3 N–H and O–H groups in total. The molecule has 0 fully saturated rings. The lowest BCUT2D eigenvalue weighted by molar-refractivity contribution is 0.147. The molecular formula is C15H13Cl3FNO. The number of hydrogen-bond donors (Lipinski definition) is 2. The van der Waals surface area contributed by atoms with Crippen molar-refractivity contribution in [1.82, 2.24) is 0 Å². The fraction of sp³-hybridized carbons (Fsp3) is 0.200. The largest absolute Gasteiger partial charge is 0.388 e. The van der Waals surface area contributed by atoms with E-state index in [4.69, 9.17) is 40.5 Å². The molecule has 0 aliphatic heterocycles. The Bertz CT molecular complexity index is 651. The van der Waals surface area contributed by atoms with Crippen LogP contribution in [0.4, 0.5) is 4.39 Å². The van der Waals surface area contributed by atoms with Crippen LogP contribution in [0.5, 0.6) is 0 Å². The number of halogens is 4. The third-order valence-electron chi connectivity index (χ3n) is 3.29. The molecule has 2 aromatic rings. The molecule has 0 bridgehead atoms. The molecule has 0 radical (unpaired) electrons. The molecule has 2 atom stereocenters. The fourth-order valence-corrected chi connectivity index (χ4v) is 2.73. The second-order valence-corrected chi connectivity index (χ2v) is 5.85. The lowest BCUT2D eigenvalue weighted by atomic mass is 9.89. The first-order valence-corrected chi connectivity index (χ1v) is 7.35. The molecule has 0 aliphatic carbocycles. The number of aliphatic hydroxyl groups is 1. The minimum absolute atomic E-state index is 0.154. The lowest BCUT2D eigenvalue weighted by Crippen LogP contribution is -2.20. The summed E-state index contributed by atoms with van der Waals surface area (Å²) in [6.45, 7) is 0.173.